The molecule has 1 fully saturated rings. The summed E-state index contributed by atoms with van der Waals surface area (Å²) in [5.41, 5.74) is 1.81. The molecule has 1 spiro atoms. The molecule has 2 aliphatic rings. The Kier molecular flexibility index (Phi) is 4.11. The number of fused-ring (bicyclic) bond motifs is 2. The second-order valence-corrected chi connectivity index (χ2v) is 6.76. The summed E-state index contributed by atoms with van der Waals surface area (Å²) in [6.45, 7) is 0.144. The minimum absolute atomic E-state index is 0.144. The van der Waals surface area contributed by atoms with Crippen LogP contribution in [0.3, 0.4) is 0 Å². The van der Waals surface area contributed by atoms with E-state index >= 15 is 0 Å². The van der Waals surface area contributed by atoms with Gasteiger partial charge in [-0.05, 0) is 42.9 Å². The lowest BCUT2D eigenvalue weighted by Gasteiger charge is -2.27. The zero-order valence-corrected chi connectivity index (χ0v) is 14.7. The number of urea groups is 1. The third kappa shape index (κ3) is 2.53. The summed E-state index contributed by atoms with van der Waals surface area (Å²) in [5.74, 6) is 0.234. The van der Waals surface area contributed by atoms with Crippen LogP contribution >= 0.6 is 0 Å². The van der Waals surface area contributed by atoms with Crippen molar-refractivity contribution >= 4 is 11.9 Å². The Labute approximate surface area is 152 Å². The molecule has 1 aliphatic heterocycles. The molecule has 4 rings (SSSR count). The van der Waals surface area contributed by atoms with Crippen molar-refractivity contribution in [1.29, 1.82) is 0 Å². The number of pyridine rings is 1. The third-order valence-corrected chi connectivity index (χ3v) is 5.27. The van der Waals surface area contributed by atoms with Gasteiger partial charge in [-0.1, -0.05) is 30.3 Å². The number of amides is 3. The highest BCUT2D eigenvalue weighted by Gasteiger charge is 2.53. The van der Waals surface area contributed by atoms with Gasteiger partial charge < -0.3 is 10.1 Å². The largest absolute Gasteiger partial charge is 0.481 e. The molecule has 6 nitrogen and oxygen atoms in total. The van der Waals surface area contributed by atoms with E-state index in [1.54, 1.807) is 12.3 Å². The lowest BCUT2D eigenvalue weighted by atomic mass is 9.84. The molecule has 1 aromatic carbocycles. The van der Waals surface area contributed by atoms with Gasteiger partial charge in [0.25, 0.3) is 5.91 Å². The molecule has 1 aliphatic carbocycles. The summed E-state index contributed by atoms with van der Waals surface area (Å²) in [4.78, 5) is 31.5. The van der Waals surface area contributed by atoms with Crippen LogP contribution in [0, 0.1) is 0 Å². The zero-order chi connectivity index (χ0) is 18.1. The Morgan fingerprint density at radius 3 is 2.88 bits per heavy atom. The Balaban J connectivity index is 1.72. The topological polar surface area (TPSA) is 71.5 Å². The monoisotopic (exact) mass is 351 g/mol. The fraction of sp³-hybridized carbons (Fsp3) is 0.350. The highest BCUT2D eigenvalue weighted by atomic mass is 16.5. The van der Waals surface area contributed by atoms with Gasteiger partial charge >= 0.3 is 6.03 Å². The molecular weight excluding hydrogens is 330 g/mol. The number of rotatable bonds is 3. The molecule has 0 radical (unpaired) electrons. The van der Waals surface area contributed by atoms with Gasteiger partial charge in [-0.3, -0.25) is 9.69 Å². The Bertz CT molecular complexity index is 867. The van der Waals surface area contributed by atoms with Gasteiger partial charge in [0.05, 0.1) is 13.7 Å². The molecule has 1 aromatic heterocycles. The molecular formula is C20H21N3O3. The van der Waals surface area contributed by atoms with Gasteiger partial charge in [0, 0.05) is 11.8 Å². The molecule has 26 heavy (non-hydrogen) atoms. The second kappa shape index (κ2) is 6.44. The number of imide groups is 1. The first-order valence-electron chi connectivity index (χ1n) is 8.86. The predicted molar refractivity (Wildman–Crippen MR) is 95.5 cm³/mol. The number of aromatic nitrogens is 1. The van der Waals surface area contributed by atoms with E-state index in [0.29, 0.717) is 17.9 Å². The van der Waals surface area contributed by atoms with E-state index in [1.807, 2.05) is 24.3 Å². The molecule has 6 heteroatoms. The van der Waals surface area contributed by atoms with Crippen molar-refractivity contribution < 1.29 is 14.3 Å². The van der Waals surface area contributed by atoms with Gasteiger partial charge in [-0.15, -0.1) is 0 Å². The summed E-state index contributed by atoms with van der Waals surface area (Å²) >= 11 is 0. The van der Waals surface area contributed by atoms with Gasteiger partial charge in [0.2, 0.25) is 5.88 Å². The summed E-state index contributed by atoms with van der Waals surface area (Å²) in [5, 5.41) is 3.00. The van der Waals surface area contributed by atoms with E-state index in [-0.39, 0.29) is 18.5 Å². The average molecular weight is 351 g/mol. The number of methoxy groups -OCH3 is 1. The molecule has 3 amide bonds. The Hall–Kier alpha value is -2.89. The van der Waals surface area contributed by atoms with Crippen LogP contribution in [0.25, 0.3) is 0 Å². The molecule has 2 heterocycles. The molecule has 1 N–H and O–H groups in total. The molecule has 1 unspecified atom stereocenters. The SMILES string of the molecule is COc1ncccc1CN1C(=O)NC2(CCCCc3ccccc32)C1=O. The maximum Gasteiger partial charge on any atom is 0.325 e. The summed E-state index contributed by atoms with van der Waals surface area (Å²) in [6.07, 6.45) is 5.08. The summed E-state index contributed by atoms with van der Waals surface area (Å²) in [6, 6.07) is 11.2. The van der Waals surface area contributed by atoms with Crippen molar-refractivity contribution in [2.45, 2.75) is 37.8 Å². The van der Waals surface area contributed by atoms with E-state index in [9.17, 15) is 9.59 Å². The zero-order valence-electron chi connectivity index (χ0n) is 14.7. The molecule has 1 atom stereocenters. The van der Waals surface area contributed by atoms with E-state index in [2.05, 4.69) is 16.4 Å². The predicted octanol–water partition coefficient (Wildman–Crippen LogP) is 2.76. The highest BCUT2D eigenvalue weighted by Crippen LogP contribution is 2.39. The van der Waals surface area contributed by atoms with Crippen molar-refractivity contribution in [2.24, 2.45) is 0 Å². The third-order valence-electron chi connectivity index (χ3n) is 5.27. The number of ether oxygens (including phenoxy) is 1. The van der Waals surface area contributed by atoms with Crippen molar-refractivity contribution in [3.63, 3.8) is 0 Å². The fourth-order valence-electron chi connectivity index (χ4n) is 4.02. The lowest BCUT2D eigenvalue weighted by molar-refractivity contribution is -0.132. The maximum atomic E-state index is 13.4. The van der Waals surface area contributed by atoms with Crippen molar-refractivity contribution in [2.75, 3.05) is 7.11 Å². The lowest BCUT2D eigenvalue weighted by Crippen LogP contribution is -2.44. The van der Waals surface area contributed by atoms with Crippen molar-refractivity contribution in [3.05, 3.63) is 59.3 Å². The fourth-order valence-corrected chi connectivity index (χ4v) is 4.02. The minimum atomic E-state index is -0.959. The number of hydrogen-bond donors (Lipinski definition) is 1. The van der Waals surface area contributed by atoms with Crippen LogP contribution in [0.2, 0.25) is 0 Å². The van der Waals surface area contributed by atoms with Crippen LogP contribution in [-0.2, 0) is 23.3 Å². The normalized spacial score (nSPS) is 22.1. The van der Waals surface area contributed by atoms with E-state index in [1.165, 1.54) is 12.0 Å². The van der Waals surface area contributed by atoms with Crippen LogP contribution in [0.15, 0.2) is 42.6 Å². The summed E-state index contributed by atoms with van der Waals surface area (Å²) < 4.78 is 5.26. The van der Waals surface area contributed by atoms with Gasteiger partial charge in [0.1, 0.15) is 5.54 Å². The Morgan fingerprint density at radius 1 is 1.19 bits per heavy atom. The summed E-state index contributed by atoms with van der Waals surface area (Å²) in [7, 11) is 1.53. The van der Waals surface area contributed by atoms with Crippen molar-refractivity contribution in [1.82, 2.24) is 15.2 Å². The number of aryl methyl sites for hydroxylation is 1. The van der Waals surface area contributed by atoms with Gasteiger partial charge in [-0.2, -0.15) is 0 Å². The van der Waals surface area contributed by atoms with Crippen molar-refractivity contribution in [3.8, 4) is 5.88 Å². The number of hydrogen-bond acceptors (Lipinski definition) is 4. The van der Waals surface area contributed by atoms with Gasteiger partial charge in [0.15, 0.2) is 0 Å². The van der Waals surface area contributed by atoms with Crippen LogP contribution in [0.4, 0.5) is 4.79 Å². The maximum absolute atomic E-state index is 13.4. The molecule has 2 aromatic rings. The smallest absolute Gasteiger partial charge is 0.325 e. The molecule has 1 saturated heterocycles. The number of nitrogens with one attached hydrogen (secondary N) is 1. The number of benzene rings is 1. The number of carbonyl (C=O) groups is 2. The quantitative estimate of drug-likeness (QED) is 0.863. The van der Waals surface area contributed by atoms with E-state index < -0.39 is 5.54 Å². The van der Waals surface area contributed by atoms with E-state index in [0.717, 1.165) is 30.4 Å². The van der Waals surface area contributed by atoms with E-state index in [4.69, 9.17) is 4.74 Å². The number of nitrogens with zero attached hydrogens (tertiary/aromatic N) is 2. The highest BCUT2D eigenvalue weighted by molar-refractivity contribution is 6.07. The van der Waals surface area contributed by atoms with Gasteiger partial charge in [-0.25, -0.2) is 9.78 Å². The average Bonchev–Trinajstić information content (AvgIpc) is 2.81. The van der Waals surface area contributed by atoms with Crippen LogP contribution in [0.5, 0.6) is 5.88 Å². The molecule has 134 valence electrons. The molecule has 0 saturated carbocycles. The van der Waals surface area contributed by atoms with Crippen LogP contribution in [0.1, 0.15) is 36.0 Å². The second-order valence-electron chi connectivity index (χ2n) is 6.76. The first kappa shape index (κ1) is 16.6. The minimum Gasteiger partial charge on any atom is -0.481 e. The van der Waals surface area contributed by atoms with Crippen LogP contribution < -0.4 is 10.1 Å². The molecule has 0 bridgehead atoms. The number of carbonyl (C=O) groups excluding carboxylic acids is 2. The first-order valence-corrected chi connectivity index (χ1v) is 8.86. The Morgan fingerprint density at radius 2 is 2.04 bits per heavy atom. The van der Waals surface area contributed by atoms with Crippen LogP contribution in [-0.4, -0.2) is 28.9 Å². The first-order chi connectivity index (χ1) is 12.7. The standard InChI is InChI=1S/C20H21N3O3/c1-26-17-15(9-6-12-21-17)13-23-18(24)20(22-19(23)25)11-5-4-8-14-7-2-3-10-16(14)20/h2-3,6-7,9-10,12H,4-5,8,11,13H2,1H3,(H,22,25).